The molecule has 19 heavy (non-hydrogen) atoms. The second kappa shape index (κ2) is 8.58. The van der Waals surface area contributed by atoms with Crippen molar-refractivity contribution in [1.82, 2.24) is 5.32 Å². The van der Waals surface area contributed by atoms with Gasteiger partial charge in [-0.2, -0.15) is 0 Å². The van der Waals surface area contributed by atoms with E-state index in [-0.39, 0.29) is 17.4 Å². The molecule has 0 aliphatic heterocycles. The normalized spacial score (nSPS) is 10.0. The zero-order chi connectivity index (χ0) is 14.1. The molecule has 104 valence electrons. The van der Waals surface area contributed by atoms with Crippen molar-refractivity contribution in [2.45, 2.75) is 13.3 Å². The number of ether oxygens (including phenoxy) is 1. The van der Waals surface area contributed by atoms with Gasteiger partial charge >= 0.3 is 0 Å². The third kappa shape index (κ3) is 5.34. The fourth-order valence-electron chi connectivity index (χ4n) is 1.50. The van der Waals surface area contributed by atoms with E-state index in [0.29, 0.717) is 23.6 Å². The molecule has 0 heterocycles. The molecule has 1 aromatic carbocycles. The first-order valence-electron chi connectivity index (χ1n) is 6.19. The van der Waals surface area contributed by atoms with Gasteiger partial charge in [0, 0.05) is 6.54 Å². The van der Waals surface area contributed by atoms with Crippen molar-refractivity contribution in [2.24, 2.45) is 0 Å². The first kappa shape index (κ1) is 15.6. The molecular weight excluding hydrogens is 262 g/mol. The third-order valence-electron chi connectivity index (χ3n) is 2.45. The number of thioether (sulfide) groups is 1. The lowest BCUT2D eigenvalue weighted by Crippen LogP contribution is -2.26. The number of hydrogen-bond acceptors (Lipinski definition) is 4. The Morgan fingerprint density at radius 3 is 2.68 bits per heavy atom. The van der Waals surface area contributed by atoms with E-state index in [4.69, 9.17) is 4.74 Å². The number of benzene rings is 1. The van der Waals surface area contributed by atoms with Crippen LogP contribution in [0.25, 0.3) is 0 Å². The van der Waals surface area contributed by atoms with Crippen molar-refractivity contribution < 1.29 is 14.3 Å². The Balaban J connectivity index is 2.41. The Bertz CT molecular complexity index is 434. The van der Waals surface area contributed by atoms with Gasteiger partial charge in [0.1, 0.15) is 5.75 Å². The molecule has 1 rings (SSSR count). The molecule has 0 radical (unpaired) electrons. The van der Waals surface area contributed by atoms with Gasteiger partial charge in [0.25, 0.3) is 0 Å². The van der Waals surface area contributed by atoms with Gasteiger partial charge in [-0.15, -0.1) is 11.8 Å². The molecule has 0 unspecified atom stereocenters. The second-order valence-corrected chi connectivity index (χ2v) is 4.95. The molecule has 0 aliphatic carbocycles. The summed E-state index contributed by atoms with van der Waals surface area (Å²) in [4.78, 5) is 23.4. The van der Waals surface area contributed by atoms with Crippen LogP contribution in [0.5, 0.6) is 5.75 Å². The molecule has 4 nitrogen and oxygen atoms in total. The van der Waals surface area contributed by atoms with E-state index >= 15 is 0 Å². The third-order valence-corrected chi connectivity index (χ3v) is 3.38. The summed E-state index contributed by atoms with van der Waals surface area (Å²) >= 11 is 1.32. The molecular formula is C14H19NO3S. The van der Waals surface area contributed by atoms with E-state index in [0.717, 1.165) is 6.42 Å². The Hall–Kier alpha value is -1.49. The highest BCUT2D eigenvalue weighted by Crippen LogP contribution is 2.19. The molecule has 1 N–H and O–H groups in total. The van der Waals surface area contributed by atoms with E-state index in [2.05, 4.69) is 5.32 Å². The monoisotopic (exact) mass is 281 g/mol. The zero-order valence-electron chi connectivity index (χ0n) is 11.3. The molecule has 1 aromatic rings. The summed E-state index contributed by atoms with van der Waals surface area (Å²) in [5.41, 5.74) is 0.562. The first-order chi connectivity index (χ1) is 9.19. The maximum atomic E-state index is 12.0. The fraction of sp³-hybridized carbons (Fsp3) is 0.429. The minimum atomic E-state index is -0.0281. The highest BCUT2D eigenvalue weighted by Gasteiger charge is 2.12. The number of carbonyl (C=O) groups is 2. The van der Waals surface area contributed by atoms with Crippen LogP contribution in [0.1, 0.15) is 23.7 Å². The Kier molecular flexibility index (Phi) is 7.03. The maximum Gasteiger partial charge on any atom is 0.230 e. The Morgan fingerprint density at radius 1 is 1.26 bits per heavy atom. The van der Waals surface area contributed by atoms with Crippen molar-refractivity contribution in [3.05, 3.63) is 29.8 Å². The van der Waals surface area contributed by atoms with E-state index in [1.54, 1.807) is 18.2 Å². The summed E-state index contributed by atoms with van der Waals surface area (Å²) < 4.78 is 5.14. The molecule has 0 aliphatic rings. The summed E-state index contributed by atoms with van der Waals surface area (Å²) in [6, 6.07) is 7.11. The molecule has 0 spiro atoms. The van der Waals surface area contributed by atoms with Gasteiger partial charge in [-0.3, -0.25) is 9.59 Å². The van der Waals surface area contributed by atoms with Crippen LogP contribution in [-0.2, 0) is 4.79 Å². The molecule has 0 saturated heterocycles. The predicted octanol–water partition coefficient (Wildman–Crippen LogP) is 2.14. The van der Waals surface area contributed by atoms with Crippen molar-refractivity contribution >= 4 is 23.5 Å². The molecule has 1 amide bonds. The van der Waals surface area contributed by atoms with Crippen LogP contribution in [0.3, 0.4) is 0 Å². The quantitative estimate of drug-likeness (QED) is 0.742. The lowest BCUT2D eigenvalue weighted by molar-refractivity contribution is -0.118. The van der Waals surface area contributed by atoms with Gasteiger partial charge < -0.3 is 10.1 Å². The number of para-hydroxylation sites is 1. The van der Waals surface area contributed by atoms with Gasteiger partial charge in [0.2, 0.25) is 5.91 Å². The van der Waals surface area contributed by atoms with Gasteiger partial charge in [0.15, 0.2) is 5.78 Å². The number of amides is 1. The number of methoxy groups -OCH3 is 1. The molecule has 0 bridgehead atoms. The largest absolute Gasteiger partial charge is 0.496 e. The average Bonchev–Trinajstić information content (AvgIpc) is 2.44. The average molecular weight is 281 g/mol. The molecule has 0 saturated carbocycles. The van der Waals surface area contributed by atoms with Crippen LogP contribution in [0.2, 0.25) is 0 Å². The SMILES string of the molecule is CCCNC(=O)CSCC(=O)c1ccccc1OC. The van der Waals surface area contributed by atoms with Gasteiger partial charge in [-0.05, 0) is 18.6 Å². The minimum absolute atomic E-state index is 0.0225. The molecule has 0 atom stereocenters. The lowest BCUT2D eigenvalue weighted by Gasteiger charge is -2.07. The minimum Gasteiger partial charge on any atom is -0.496 e. The lowest BCUT2D eigenvalue weighted by atomic mass is 10.1. The first-order valence-corrected chi connectivity index (χ1v) is 7.35. The van der Waals surface area contributed by atoms with Crippen molar-refractivity contribution in [3.8, 4) is 5.75 Å². The fourth-order valence-corrected chi connectivity index (χ4v) is 2.24. The zero-order valence-corrected chi connectivity index (χ0v) is 12.1. The number of rotatable bonds is 8. The van der Waals surface area contributed by atoms with E-state index < -0.39 is 0 Å². The summed E-state index contributed by atoms with van der Waals surface area (Å²) in [6.45, 7) is 2.68. The number of hydrogen-bond donors (Lipinski definition) is 1. The van der Waals surface area contributed by atoms with Crippen molar-refractivity contribution in [1.29, 1.82) is 0 Å². The highest BCUT2D eigenvalue weighted by molar-refractivity contribution is 8.00. The number of nitrogens with one attached hydrogen (secondary N) is 1. The standard InChI is InChI=1S/C14H19NO3S/c1-3-8-15-14(17)10-19-9-12(16)11-6-4-5-7-13(11)18-2/h4-7H,3,8-10H2,1-2H3,(H,15,17). The smallest absolute Gasteiger partial charge is 0.230 e. The summed E-state index contributed by atoms with van der Waals surface area (Å²) in [5, 5.41) is 2.77. The summed E-state index contributed by atoms with van der Waals surface area (Å²) in [6.07, 6.45) is 0.913. The second-order valence-electron chi connectivity index (χ2n) is 3.97. The van der Waals surface area contributed by atoms with Crippen molar-refractivity contribution in [3.63, 3.8) is 0 Å². The van der Waals surface area contributed by atoms with E-state index in [9.17, 15) is 9.59 Å². The van der Waals surface area contributed by atoms with Gasteiger partial charge in [-0.1, -0.05) is 19.1 Å². The van der Waals surface area contributed by atoms with Crippen LogP contribution < -0.4 is 10.1 Å². The highest BCUT2D eigenvalue weighted by atomic mass is 32.2. The number of carbonyl (C=O) groups excluding carboxylic acids is 2. The molecule has 0 aromatic heterocycles. The predicted molar refractivity (Wildman–Crippen MR) is 78.0 cm³/mol. The van der Waals surface area contributed by atoms with E-state index in [1.807, 2.05) is 13.0 Å². The van der Waals surface area contributed by atoms with Crippen molar-refractivity contribution in [2.75, 3.05) is 25.2 Å². The molecule has 0 fully saturated rings. The Labute approximate surface area is 117 Å². The topological polar surface area (TPSA) is 55.4 Å². The van der Waals surface area contributed by atoms with Crippen LogP contribution in [-0.4, -0.2) is 36.9 Å². The van der Waals surface area contributed by atoms with Gasteiger partial charge in [0.05, 0.1) is 24.2 Å². The van der Waals surface area contributed by atoms with Crippen LogP contribution in [0.4, 0.5) is 0 Å². The van der Waals surface area contributed by atoms with E-state index in [1.165, 1.54) is 18.9 Å². The summed E-state index contributed by atoms with van der Waals surface area (Å²) in [5.74, 6) is 1.11. The van der Waals surface area contributed by atoms with Crippen LogP contribution in [0.15, 0.2) is 24.3 Å². The number of Topliss-reactive ketones (excluding diaryl/α,β-unsaturated/α-hetero) is 1. The number of ketones is 1. The summed E-state index contributed by atoms with van der Waals surface area (Å²) in [7, 11) is 1.54. The van der Waals surface area contributed by atoms with Gasteiger partial charge in [-0.25, -0.2) is 0 Å². The van der Waals surface area contributed by atoms with Crippen LogP contribution >= 0.6 is 11.8 Å². The Morgan fingerprint density at radius 2 is 2.00 bits per heavy atom. The maximum absolute atomic E-state index is 12.0. The molecule has 5 heteroatoms. The van der Waals surface area contributed by atoms with Crippen LogP contribution in [0, 0.1) is 0 Å².